The quantitative estimate of drug-likeness (QED) is 0.638. The van der Waals surface area contributed by atoms with Crippen LogP contribution in [0.1, 0.15) is 54.8 Å². The molecule has 2 aliphatic heterocycles. The van der Waals surface area contributed by atoms with Gasteiger partial charge in [-0.05, 0) is 39.0 Å². The van der Waals surface area contributed by atoms with Gasteiger partial charge >= 0.3 is 0 Å². The first-order valence-electron chi connectivity index (χ1n) is 10.8. The van der Waals surface area contributed by atoms with E-state index in [0.29, 0.717) is 37.2 Å². The maximum atomic E-state index is 13.1. The zero-order valence-electron chi connectivity index (χ0n) is 17.7. The van der Waals surface area contributed by atoms with Gasteiger partial charge < -0.3 is 20.1 Å². The maximum absolute atomic E-state index is 13.1. The summed E-state index contributed by atoms with van der Waals surface area (Å²) in [5.41, 5.74) is 0.0980. The summed E-state index contributed by atoms with van der Waals surface area (Å²) in [5.74, 6) is -0.359. The van der Waals surface area contributed by atoms with E-state index in [4.69, 9.17) is 4.52 Å². The number of nitrogens with one attached hydrogen (secondary N) is 2. The number of rotatable bonds is 6. The van der Waals surface area contributed by atoms with E-state index in [-0.39, 0.29) is 28.7 Å². The summed E-state index contributed by atoms with van der Waals surface area (Å²) < 4.78 is 4.91. The molecular weight excluding hydrogens is 434 g/mol. The van der Waals surface area contributed by atoms with Gasteiger partial charge in [-0.1, -0.05) is 5.16 Å². The van der Waals surface area contributed by atoms with Crippen molar-refractivity contribution >= 4 is 35.3 Å². The van der Waals surface area contributed by atoms with Gasteiger partial charge in [0.05, 0.1) is 11.4 Å². The monoisotopic (exact) mass is 459 g/mol. The number of ketones is 1. The smallest absolute Gasteiger partial charge is 0.274 e. The largest absolute Gasteiger partial charge is 0.361 e. The highest BCUT2D eigenvalue weighted by Crippen LogP contribution is 2.37. The van der Waals surface area contributed by atoms with Crippen LogP contribution >= 0.6 is 11.8 Å². The summed E-state index contributed by atoms with van der Waals surface area (Å²) in [6, 6.07) is 1.31. The number of hydrogen-bond donors (Lipinski definition) is 2. The number of carbonyl (C=O) groups is 4. The molecule has 32 heavy (non-hydrogen) atoms. The van der Waals surface area contributed by atoms with Gasteiger partial charge in [-0.25, -0.2) is 0 Å². The molecule has 0 bridgehead atoms. The zero-order chi connectivity index (χ0) is 22.8. The lowest BCUT2D eigenvalue weighted by Gasteiger charge is -2.37. The van der Waals surface area contributed by atoms with Crippen LogP contribution in [0.4, 0.5) is 0 Å². The lowest BCUT2D eigenvalue weighted by Crippen LogP contribution is -2.59. The lowest BCUT2D eigenvalue weighted by molar-refractivity contribution is -0.143. The molecular formula is C21H25N5O5S. The third kappa shape index (κ3) is 4.50. The fraction of sp³-hybridized carbons (Fsp3) is 0.619. The number of hydrogen-bond acceptors (Lipinski definition) is 8. The van der Waals surface area contributed by atoms with E-state index in [0.717, 1.165) is 12.8 Å². The summed E-state index contributed by atoms with van der Waals surface area (Å²) in [5, 5.41) is 18.4. The molecule has 170 valence electrons. The van der Waals surface area contributed by atoms with Gasteiger partial charge in [0.25, 0.3) is 5.91 Å². The number of carbonyl (C=O) groups excluding carboxylic acids is 4. The van der Waals surface area contributed by atoms with Crippen molar-refractivity contribution in [2.75, 3.05) is 5.75 Å². The number of Topliss-reactive ketones (excluding diaryl/α,β-unsaturated/α-hetero) is 1. The van der Waals surface area contributed by atoms with Gasteiger partial charge in [-0.3, -0.25) is 19.2 Å². The van der Waals surface area contributed by atoms with Gasteiger partial charge in [0.15, 0.2) is 5.69 Å². The van der Waals surface area contributed by atoms with Crippen molar-refractivity contribution in [1.82, 2.24) is 20.7 Å². The number of piperidine rings is 1. The highest BCUT2D eigenvalue weighted by atomic mass is 32.2. The predicted octanol–water partition coefficient (Wildman–Crippen LogP) is 0.913. The molecule has 2 N–H and O–H groups in total. The van der Waals surface area contributed by atoms with E-state index in [2.05, 4.69) is 21.9 Å². The Morgan fingerprint density at radius 3 is 2.84 bits per heavy atom. The molecule has 3 amide bonds. The van der Waals surface area contributed by atoms with E-state index in [1.807, 2.05) is 0 Å². The number of nitrogens with zero attached hydrogens (tertiary/aromatic N) is 3. The van der Waals surface area contributed by atoms with E-state index in [1.165, 1.54) is 22.7 Å². The standard InChI is InChI=1S/C21H25N5O5S/c1-11-7-15(25-31-11)19(28)24-14-5-6-18-26(21(14)30)16(10-32-18)20(29)23-13(9-22)8-12-3-2-4-17(12)27/h7,12-14,16,18H,2-6,8,10H2,1H3,(H,23,29)(H,24,28). The molecule has 2 saturated heterocycles. The van der Waals surface area contributed by atoms with Crippen LogP contribution in [0.3, 0.4) is 0 Å². The van der Waals surface area contributed by atoms with E-state index in [9.17, 15) is 24.4 Å². The first-order valence-corrected chi connectivity index (χ1v) is 11.8. The molecule has 5 unspecified atom stereocenters. The van der Waals surface area contributed by atoms with E-state index >= 15 is 0 Å². The highest BCUT2D eigenvalue weighted by Gasteiger charge is 2.47. The molecule has 0 radical (unpaired) electrons. The average molecular weight is 460 g/mol. The Hall–Kier alpha value is -2.87. The zero-order valence-corrected chi connectivity index (χ0v) is 18.5. The van der Waals surface area contributed by atoms with Crippen molar-refractivity contribution in [2.45, 2.75) is 68.9 Å². The third-order valence-corrected chi connectivity index (χ3v) is 7.60. The lowest BCUT2D eigenvalue weighted by atomic mass is 9.97. The van der Waals surface area contributed by atoms with Crippen LogP contribution in [0.15, 0.2) is 10.6 Å². The Morgan fingerprint density at radius 1 is 1.38 bits per heavy atom. The summed E-state index contributed by atoms with van der Waals surface area (Å²) >= 11 is 1.52. The Labute approximate surface area is 189 Å². The summed E-state index contributed by atoms with van der Waals surface area (Å²) in [6.45, 7) is 1.67. The van der Waals surface area contributed by atoms with Crippen molar-refractivity contribution in [3.05, 3.63) is 17.5 Å². The molecule has 0 aromatic carbocycles. The first kappa shape index (κ1) is 22.3. The Bertz CT molecular complexity index is 972. The Morgan fingerprint density at radius 2 is 2.19 bits per heavy atom. The second kappa shape index (κ2) is 9.32. The molecule has 10 nitrogen and oxygen atoms in total. The Balaban J connectivity index is 1.39. The highest BCUT2D eigenvalue weighted by molar-refractivity contribution is 8.00. The van der Waals surface area contributed by atoms with Gasteiger partial charge in [0, 0.05) is 24.2 Å². The van der Waals surface area contributed by atoms with Crippen LogP contribution in [0.5, 0.6) is 0 Å². The van der Waals surface area contributed by atoms with Crippen molar-refractivity contribution in [3.63, 3.8) is 0 Å². The summed E-state index contributed by atoms with van der Waals surface area (Å²) in [7, 11) is 0. The van der Waals surface area contributed by atoms with Crippen molar-refractivity contribution < 1.29 is 23.7 Å². The SMILES string of the molecule is Cc1cc(C(=O)NC2CCC3SCC(C(=O)NC(C#N)CC4CCCC4=O)N3C2=O)no1. The predicted molar refractivity (Wildman–Crippen MR) is 113 cm³/mol. The minimum atomic E-state index is -0.774. The number of nitriles is 1. The van der Waals surface area contributed by atoms with Gasteiger partial charge in [-0.2, -0.15) is 5.26 Å². The first-order chi connectivity index (χ1) is 15.4. The van der Waals surface area contributed by atoms with E-state index < -0.39 is 29.9 Å². The minimum absolute atomic E-state index is 0.0980. The summed E-state index contributed by atoms with van der Waals surface area (Å²) in [6.07, 6.45) is 3.50. The number of thioether (sulfide) groups is 1. The van der Waals surface area contributed by atoms with Crippen LogP contribution in [0.2, 0.25) is 0 Å². The third-order valence-electron chi connectivity index (χ3n) is 6.24. The molecule has 1 aromatic heterocycles. The van der Waals surface area contributed by atoms with Gasteiger partial charge in [0.2, 0.25) is 11.8 Å². The topological polar surface area (TPSA) is 145 Å². The molecule has 1 aromatic rings. The summed E-state index contributed by atoms with van der Waals surface area (Å²) in [4.78, 5) is 51.9. The molecule has 11 heteroatoms. The molecule has 3 fully saturated rings. The van der Waals surface area contributed by atoms with Crippen molar-refractivity contribution in [2.24, 2.45) is 5.92 Å². The molecule has 5 atom stereocenters. The fourth-order valence-corrected chi connectivity index (χ4v) is 6.00. The van der Waals surface area contributed by atoms with Crippen molar-refractivity contribution in [3.8, 4) is 6.07 Å². The molecule has 3 aliphatic rings. The fourth-order valence-electron chi connectivity index (χ4n) is 4.57. The van der Waals surface area contributed by atoms with Crippen LogP contribution in [-0.4, -0.2) is 62.8 Å². The Kier molecular flexibility index (Phi) is 6.50. The van der Waals surface area contributed by atoms with Crippen LogP contribution in [-0.2, 0) is 14.4 Å². The molecule has 4 rings (SSSR count). The molecule has 1 aliphatic carbocycles. The van der Waals surface area contributed by atoms with Crippen LogP contribution in [0, 0.1) is 24.2 Å². The van der Waals surface area contributed by atoms with E-state index in [1.54, 1.807) is 6.92 Å². The average Bonchev–Trinajstić information content (AvgIpc) is 3.50. The number of aromatic nitrogens is 1. The van der Waals surface area contributed by atoms with Gasteiger partial charge in [-0.15, -0.1) is 11.8 Å². The molecule has 0 spiro atoms. The van der Waals surface area contributed by atoms with Gasteiger partial charge in [0.1, 0.15) is 29.7 Å². The number of aryl methyl sites for hydroxylation is 1. The number of amides is 3. The second-order valence-electron chi connectivity index (χ2n) is 8.46. The van der Waals surface area contributed by atoms with Crippen LogP contribution < -0.4 is 10.6 Å². The number of fused-ring (bicyclic) bond motifs is 1. The molecule has 1 saturated carbocycles. The van der Waals surface area contributed by atoms with Crippen molar-refractivity contribution in [1.29, 1.82) is 5.26 Å². The van der Waals surface area contributed by atoms with Crippen LogP contribution in [0.25, 0.3) is 0 Å². The maximum Gasteiger partial charge on any atom is 0.274 e. The second-order valence-corrected chi connectivity index (χ2v) is 9.67. The molecule has 3 heterocycles. The normalized spacial score (nSPS) is 28.2. The minimum Gasteiger partial charge on any atom is -0.361 e.